The topological polar surface area (TPSA) is 55.0 Å². The zero-order chi connectivity index (χ0) is 13.1. The first kappa shape index (κ1) is 13.0. The van der Waals surface area contributed by atoms with Gasteiger partial charge in [-0.15, -0.1) is 11.3 Å². The number of pyridine rings is 1. The number of thiazole rings is 1. The molecule has 0 aromatic carbocycles. The van der Waals surface area contributed by atoms with E-state index in [-0.39, 0.29) is 6.04 Å². The lowest BCUT2D eigenvalue weighted by Gasteiger charge is -2.21. The van der Waals surface area contributed by atoms with Gasteiger partial charge in [0.1, 0.15) is 5.82 Å². The Morgan fingerprint density at radius 3 is 2.89 bits per heavy atom. The number of anilines is 1. The molecule has 0 aliphatic heterocycles. The summed E-state index contributed by atoms with van der Waals surface area (Å²) >= 11 is 1.67. The van der Waals surface area contributed by atoms with Crippen LogP contribution in [0, 0.1) is 6.92 Å². The van der Waals surface area contributed by atoms with Gasteiger partial charge < -0.3 is 10.6 Å². The first-order valence-corrected chi connectivity index (χ1v) is 6.78. The maximum Gasteiger partial charge on any atom is 0.133 e. The molecule has 5 heteroatoms. The fourth-order valence-electron chi connectivity index (χ4n) is 1.88. The number of hydrogen-bond donors (Lipinski definition) is 1. The summed E-state index contributed by atoms with van der Waals surface area (Å²) in [6.45, 7) is 4.74. The molecule has 18 heavy (non-hydrogen) atoms. The second-order valence-electron chi connectivity index (χ2n) is 4.42. The Bertz CT molecular complexity index is 521. The molecule has 2 rings (SSSR count). The lowest BCUT2D eigenvalue weighted by Crippen LogP contribution is -2.21. The van der Waals surface area contributed by atoms with Crippen molar-refractivity contribution in [3.8, 4) is 0 Å². The van der Waals surface area contributed by atoms with Crippen LogP contribution in [0.3, 0.4) is 0 Å². The molecule has 0 saturated carbocycles. The molecule has 0 fully saturated rings. The smallest absolute Gasteiger partial charge is 0.133 e. The number of rotatable bonds is 4. The van der Waals surface area contributed by atoms with E-state index in [1.165, 1.54) is 0 Å². The number of nitrogens with two attached hydrogens (primary N) is 1. The molecule has 0 amide bonds. The third-order valence-electron chi connectivity index (χ3n) is 2.73. The van der Waals surface area contributed by atoms with Crippen LogP contribution in [-0.2, 0) is 6.54 Å². The Balaban J connectivity index is 2.20. The van der Waals surface area contributed by atoms with Crippen molar-refractivity contribution in [2.24, 2.45) is 5.73 Å². The van der Waals surface area contributed by atoms with E-state index in [1.807, 2.05) is 33.0 Å². The van der Waals surface area contributed by atoms with Crippen molar-refractivity contribution in [1.82, 2.24) is 9.97 Å². The molecule has 1 unspecified atom stereocenters. The summed E-state index contributed by atoms with van der Waals surface area (Å²) in [5.74, 6) is 0.929. The van der Waals surface area contributed by atoms with Crippen LogP contribution in [0.15, 0.2) is 23.7 Å². The molecule has 2 N–H and O–H groups in total. The van der Waals surface area contributed by atoms with Crippen LogP contribution in [0.25, 0.3) is 0 Å². The SMILES string of the molecule is Cc1nc(CN(C)c2ncccc2C(C)N)cs1. The van der Waals surface area contributed by atoms with Gasteiger partial charge in [-0.1, -0.05) is 6.07 Å². The fourth-order valence-corrected chi connectivity index (χ4v) is 2.49. The van der Waals surface area contributed by atoms with Crippen LogP contribution >= 0.6 is 11.3 Å². The molecule has 2 aromatic heterocycles. The van der Waals surface area contributed by atoms with Gasteiger partial charge in [-0.3, -0.25) is 0 Å². The van der Waals surface area contributed by atoms with Crippen LogP contribution in [0.2, 0.25) is 0 Å². The molecule has 96 valence electrons. The quantitative estimate of drug-likeness (QED) is 0.920. The van der Waals surface area contributed by atoms with Gasteiger partial charge in [-0.05, 0) is 19.9 Å². The van der Waals surface area contributed by atoms with Crippen molar-refractivity contribution in [2.45, 2.75) is 26.4 Å². The molecule has 0 radical (unpaired) electrons. The summed E-state index contributed by atoms with van der Waals surface area (Å²) in [6, 6.07) is 3.92. The zero-order valence-electron chi connectivity index (χ0n) is 10.9. The number of aryl methyl sites for hydroxylation is 1. The zero-order valence-corrected chi connectivity index (χ0v) is 11.7. The molecule has 0 saturated heterocycles. The lowest BCUT2D eigenvalue weighted by atomic mass is 10.1. The second-order valence-corrected chi connectivity index (χ2v) is 5.48. The summed E-state index contributed by atoms with van der Waals surface area (Å²) in [5.41, 5.74) is 8.10. The molecule has 2 heterocycles. The van der Waals surface area contributed by atoms with Crippen LogP contribution < -0.4 is 10.6 Å². The van der Waals surface area contributed by atoms with Gasteiger partial charge in [0.05, 0.1) is 17.2 Å². The Morgan fingerprint density at radius 2 is 2.28 bits per heavy atom. The van der Waals surface area contributed by atoms with Gasteiger partial charge >= 0.3 is 0 Å². The highest BCUT2D eigenvalue weighted by Crippen LogP contribution is 2.22. The monoisotopic (exact) mass is 262 g/mol. The third-order valence-corrected chi connectivity index (χ3v) is 3.56. The van der Waals surface area contributed by atoms with Gasteiger partial charge in [-0.25, -0.2) is 9.97 Å². The molecular weight excluding hydrogens is 244 g/mol. The average molecular weight is 262 g/mol. The predicted octanol–water partition coefficient (Wildman–Crippen LogP) is 2.50. The second kappa shape index (κ2) is 5.46. The predicted molar refractivity (Wildman–Crippen MR) is 75.8 cm³/mol. The number of nitrogens with zero attached hydrogens (tertiary/aromatic N) is 3. The normalized spacial score (nSPS) is 12.4. The Kier molecular flexibility index (Phi) is 3.93. The lowest BCUT2D eigenvalue weighted by molar-refractivity contribution is 0.784. The third kappa shape index (κ3) is 2.86. The van der Waals surface area contributed by atoms with Crippen LogP contribution in [0.4, 0.5) is 5.82 Å². The maximum atomic E-state index is 5.97. The highest BCUT2D eigenvalue weighted by molar-refractivity contribution is 7.09. The summed E-state index contributed by atoms with van der Waals surface area (Å²) in [5, 5.41) is 3.17. The highest BCUT2D eigenvalue weighted by atomic mass is 32.1. The fraction of sp³-hybridized carbons (Fsp3) is 0.385. The van der Waals surface area contributed by atoms with Gasteiger partial charge in [0.2, 0.25) is 0 Å². The highest BCUT2D eigenvalue weighted by Gasteiger charge is 2.12. The van der Waals surface area contributed by atoms with E-state index in [0.29, 0.717) is 0 Å². The van der Waals surface area contributed by atoms with Crippen LogP contribution in [-0.4, -0.2) is 17.0 Å². The van der Waals surface area contributed by atoms with Crippen molar-refractivity contribution < 1.29 is 0 Å². The van der Waals surface area contributed by atoms with E-state index in [4.69, 9.17) is 5.73 Å². The van der Waals surface area contributed by atoms with E-state index < -0.39 is 0 Å². The van der Waals surface area contributed by atoms with E-state index in [1.54, 1.807) is 17.5 Å². The minimum absolute atomic E-state index is 0.0201. The Morgan fingerprint density at radius 1 is 1.50 bits per heavy atom. The van der Waals surface area contributed by atoms with Gasteiger partial charge in [0.25, 0.3) is 0 Å². The molecule has 0 aliphatic rings. The Labute approximate surface area is 111 Å². The molecular formula is C13H18N4S. The summed E-state index contributed by atoms with van der Waals surface area (Å²) in [7, 11) is 2.02. The van der Waals surface area contributed by atoms with Crippen molar-refractivity contribution in [3.05, 3.63) is 40.0 Å². The maximum absolute atomic E-state index is 5.97. The van der Waals surface area contributed by atoms with E-state index in [2.05, 4.69) is 20.2 Å². The summed E-state index contributed by atoms with van der Waals surface area (Å²) in [4.78, 5) is 11.0. The summed E-state index contributed by atoms with van der Waals surface area (Å²) < 4.78 is 0. The molecule has 0 spiro atoms. The molecule has 1 atom stereocenters. The minimum Gasteiger partial charge on any atom is -0.353 e. The van der Waals surface area contributed by atoms with Crippen molar-refractivity contribution in [3.63, 3.8) is 0 Å². The molecule has 4 nitrogen and oxygen atoms in total. The Hall–Kier alpha value is -1.46. The van der Waals surface area contributed by atoms with Crippen LogP contribution in [0.1, 0.15) is 29.2 Å². The van der Waals surface area contributed by atoms with E-state index in [9.17, 15) is 0 Å². The molecule has 0 bridgehead atoms. The largest absolute Gasteiger partial charge is 0.353 e. The minimum atomic E-state index is -0.0201. The summed E-state index contributed by atoms with van der Waals surface area (Å²) in [6.07, 6.45) is 1.80. The molecule has 2 aromatic rings. The standard InChI is InChI=1S/C13H18N4S/c1-9(14)12-5-4-6-15-13(12)17(3)7-11-8-18-10(2)16-11/h4-6,8-9H,7,14H2,1-3H3. The molecule has 0 aliphatic carbocycles. The van der Waals surface area contributed by atoms with Gasteiger partial charge in [-0.2, -0.15) is 0 Å². The first-order valence-electron chi connectivity index (χ1n) is 5.90. The van der Waals surface area contributed by atoms with Crippen LogP contribution in [0.5, 0.6) is 0 Å². The van der Waals surface area contributed by atoms with E-state index >= 15 is 0 Å². The van der Waals surface area contributed by atoms with Gasteiger partial charge in [0.15, 0.2) is 0 Å². The average Bonchev–Trinajstić information content (AvgIpc) is 2.74. The van der Waals surface area contributed by atoms with Crippen molar-refractivity contribution >= 4 is 17.2 Å². The number of aromatic nitrogens is 2. The van der Waals surface area contributed by atoms with E-state index in [0.717, 1.165) is 28.6 Å². The van der Waals surface area contributed by atoms with Gasteiger partial charge in [0, 0.05) is 30.2 Å². The van der Waals surface area contributed by atoms with Crippen molar-refractivity contribution in [1.29, 1.82) is 0 Å². The van der Waals surface area contributed by atoms with Crippen molar-refractivity contribution in [2.75, 3.05) is 11.9 Å². The first-order chi connectivity index (χ1) is 8.58. The number of hydrogen-bond acceptors (Lipinski definition) is 5.